The number of hydrogen-bond donors (Lipinski definition) is 3. The van der Waals surface area contributed by atoms with E-state index in [1.807, 2.05) is 0 Å². The van der Waals surface area contributed by atoms with Crippen LogP contribution in [0, 0.1) is 0 Å². The van der Waals surface area contributed by atoms with Gasteiger partial charge < -0.3 is 15.2 Å². The van der Waals surface area contributed by atoms with Gasteiger partial charge in [0.15, 0.2) is 11.5 Å². The molecule has 3 amide bonds. The second kappa shape index (κ2) is 8.79. The van der Waals surface area contributed by atoms with E-state index in [0.29, 0.717) is 17.3 Å². The lowest BCUT2D eigenvalue weighted by molar-refractivity contribution is -0.127. The topological polar surface area (TPSA) is 156 Å². The summed E-state index contributed by atoms with van der Waals surface area (Å²) in [6.45, 7) is -0.516. The third kappa shape index (κ3) is 5.23. The summed E-state index contributed by atoms with van der Waals surface area (Å²) in [6, 6.07) is 9.56. The molecule has 2 aromatic carbocycles. The van der Waals surface area contributed by atoms with Crippen LogP contribution < -0.4 is 15.2 Å². The van der Waals surface area contributed by atoms with E-state index in [0.717, 1.165) is 4.90 Å². The Labute approximate surface area is 181 Å². The molecule has 0 bridgehead atoms. The number of thioether (sulfide) groups is 1. The predicted molar refractivity (Wildman–Crippen MR) is 114 cm³/mol. The number of methoxy groups -OCH3 is 1. The van der Waals surface area contributed by atoms with Crippen LogP contribution in [-0.4, -0.2) is 49.1 Å². The van der Waals surface area contributed by atoms with Crippen LogP contribution in [0.5, 0.6) is 11.5 Å². The van der Waals surface area contributed by atoms with Gasteiger partial charge in [0.25, 0.3) is 11.1 Å². The normalized spacial score (nSPS) is 15.4. The Kier molecular flexibility index (Phi) is 6.34. The number of carbonyl (C=O) groups is 3. The highest BCUT2D eigenvalue weighted by Gasteiger charge is 2.36. The molecule has 10 nitrogen and oxygen atoms in total. The molecule has 1 aliphatic heterocycles. The summed E-state index contributed by atoms with van der Waals surface area (Å²) in [5.74, 6) is -1.14. The quantitative estimate of drug-likeness (QED) is 0.547. The molecule has 162 valence electrons. The van der Waals surface area contributed by atoms with Gasteiger partial charge in [-0.05, 0) is 59.8 Å². The number of nitrogens with two attached hydrogens (primary N) is 1. The van der Waals surface area contributed by atoms with Crippen LogP contribution >= 0.6 is 11.8 Å². The highest BCUT2D eigenvalue weighted by atomic mass is 32.2. The van der Waals surface area contributed by atoms with E-state index in [1.54, 1.807) is 6.07 Å². The number of aromatic hydroxyl groups is 1. The van der Waals surface area contributed by atoms with E-state index in [1.165, 1.54) is 49.6 Å². The first-order valence-electron chi connectivity index (χ1n) is 8.63. The van der Waals surface area contributed by atoms with Crippen LogP contribution in [0.2, 0.25) is 0 Å². The number of rotatable bonds is 6. The molecule has 0 saturated carbocycles. The molecule has 0 aromatic heterocycles. The van der Waals surface area contributed by atoms with Gasteiger partial charge in [0.05, 0.1) is 16.9 Å². The van der Waals surface area contributed by atoms with E-state index in [9.17, 15) is 27.9 Å². The minimum absolute atomic E-state index is 0.0680. The molecule has 0 aliphatic carbocycles. The summed E-state index contributed by atoms with van der Waals surface area (Å²) in [5.41, 5.74) is 0.802. The number of nitrogens with zero attached hydrogens (tertiary/aromatic N) is 1. The lowest BCUT2D eigenvalue weighted by Crippen LogP contribution is -2.36. The molecule has 12 heteroatoms. The number of nitrogens with one attached hydrogen (secondary N) is 1. The minimum Gasteiger partial charge on any atom is -0.504 e. The van der Waals surface area contributed by atoms with Gasteiger partial charge >= 0.3 is 0 Å². The van der Waals surface area contributed by atoms with Crippen LogP contribution in [0.3, 0.4) is 0 Å². The van der Waals surface area contributed by atoms with Crippen molar-refractivity contribution < 1.29 is 32.6 Å². The fraction of sp³-hybridized carbons (Fsp3) is 0.105. The number of phenolic OH excluding ortho intramolecular Hbond substituents is 1. The predicted octanol–water partition coefficient (Wildman–Crippen LogP) is 1.72. The van der Waals surface area contributed by atoms with Crippen LogP contribution in [0.4, 0.5) is 10.5 Å². The van der Waals surface area contributed by atoms with E-state index >= 15 is 0 Å². The van der Waals surface area contributed by atoms with E-state index in [4.69, 9.17) is 9.88 Å². The first-order valence-corrected chi connectivity index (χ1v) is 11.0. The third-order valence-electron chi connectivity index (χ3n) is 4.14. The van der Waals surface area contributed by atoms with E-state index in [-0.39, 0.29) is 27.0 Å². The number of ether oxygens (including phenoxy) is 1. The van der Waals surface area contributed by atoms with Crippen molar-refractivity contribution in [2.24, 2.45) is 5.14 Å². The number of anilines is 1. The Hall–Kier alpha value is -3.35. The average Bonchev–Trinajstić information content (AvgIpc) is 2.96. The average molecular weight is 463 g/mol. The van der Waals surface area contributed by atoms with Crippen molar-refractivity contribution in [2.45, 2.75) is 4.90 Å². The van der Waals surface area contributed by atoms with Gasteiger partial charge in [-0.25, -0.2) is 13.6 Å². The van der Waals surface area contributed by atoms with Gasteiger partial charge in [0.2, 0.25) is 15.9 Å². The van der Waals surface area contributed by atoms with Crippen molar-refractivity contribution in [3.8, 4) is 11.5 Å². The number of benzene rings is 2. The van der Waals surface area contributed by atoms with Gasteiger partial charge in [-0.3, -0.25) is 19.3 Å². The second-order valence-electron chi connectivity index (χ2n) is 6.32. The van der Waals surface area contributed by atoms with Crippen LogP contribution in [0.15, 0.2) is 52.3 Å². The number of amides is 3. The summed E-state index contributed by atoms with van der Waals surface area (Å²) in [6.07, 6.45) is 1.46. The summed E-state index contributed by atoms with van der Waals surface area (Å²) in [7, 11) is -2.48. The highest BCUT2D eigenvalue weighted by molar-refractivity contribution is 8.18. The maximum atomic E-state index is 12.6. The second-order valence-corrected chi connectivity index (χ2v) is 8.87. The van der Waals surface area contributed by atoms with Crippen molar-refractivity contribution in [1.29, 1.82) is 0 Å². The Bertz CT molecular complexity index is 1190. The Morgan fingerprint density at radius 1 is 1.23 bits per heavy atom. The number of phenols is 1. The molecule has 0 spiro atoms. The third-order valence-corrected chi connectivity index (χ3v) is 5.98. The molecule has 1 saturated heterocycles. The molecule has 1 heterocycles. The summed E-state index contributed by atoms with van der Waals surface area (Å²) < 4.78 is 27.5. The van der Waals surface area contributed by atoms with Gasteiger partial charge in [0.1, 0.15) is 6.54 Å². The molecule has 0 unspecified atom stereocenters. The van der Waals surface area contributed by atoms with Crippen molar-refractivity contribution in [1.82, 2.24) is 4.90 Å². The molecular weight excluding hydrogens is 446 g/mol. The number of primary sulfonamides is 1. The molecule has 0 atom stereocenters. The first-order chi connectivity index (χ1) is 14.6. The lowest BCUT2D eigenvalue weighted by atomic mass is 10.2. The number of imide groups is 1. The number of hydrogen-bond acceptors (Lipinski definition) is 8. The van der Waals surface area contributed by atoms with Gasteiger partial charge in [-0.1, -0.05) is 6.07 Å². The monoisotopic (exact) mass is 463 g/mol. The van der Waals surface area contributed by atoms with Gasteiger partial charge in [0, 0.05) is 5.69 Å². The van der Waals surface area contributed by atoms with Crippen LogP contribution in [-0.2, 0) is 19.6 Å². The summed E-state index contributed by atoms with van der Waals surface area (Å²) in [4.78, 5) is 37.8. The molecule has 4 N–H and O–H groups in total. The highest BCUT2D eigenvalue weighted by Crippen LogP contribution is 2.34. The standard InChI is InChI=1S/C19H17N3O7S2/c1-29-15-8-11(2-7-14(15)23)9-16-18(25)22(19(26)30-16)10-17(24)21-12-3-5-13(6-4-12)31(20,27)28/h2-9,23H,10H2,1H3,(H,21,24)(H2,20,27,28)/b16-9-. The van der Waals surface area contributed by atoms with Crippen LogP contribution in [0.1, 0.15) is 5.56 Å². The fourth-order valence-electron chi connectivity index (χ4n) is 2.64. The molecule has 1 aliphatic rings. The largest absolute Gasteiger partial charge is 0.504 e. The fourth-order valence-corrected chi connectivity index (χ4v) is 4.00. The van der Waals surface area contributed by atoms with Crippen LogP contribution in [0.25, 0.3) is 6.08 Å². The van der Waals surface area contributed by atoms with E-state index in [2.05, 4.69) is 5.32 Å². The molecule has 31 heavy (non-hydrogen) atoms. The molecule has 0 radical (unpaired) electrons. The zero-order chi connectivity index (χ0) is 22.8. The smallest absolute Gasteiger partial charge is 0.294 e. The SMILES string of the molecule is COc1cc(/C=C2\SC(=O)N(CC(=O)Nc3ccc(S(N)(=O)=O)cc3)C2=O)ccc1O. The Balaban J connectivity index is 1.69. The zero-order valence-corrected chi connectivity index (χ0v) is 17.7. The van der Waals surface area contributed by atoms with E-state index < -0.39 is 33.6 Å². The number of carbonyl (C=O) groups excluding carboxylic acids is 3. The maximum Gasteiger partial charge on any atom is 0.294 e. The summed E-state index contributed by atoms with van der Waals surface area (Å²) in [5, 5.41) is 16.5. The minimum atomic E-state index is -3.86. The maximum absolute atomic E-state index is 12.6. The van der Waals surface area contributed by atoms with Crippen molar-refractivity contribution >= 4 is 50.6 Å². The molecule has 2 aromatic rings. The Morgan fingerprint density at radius 3 is 2.52 bits per heavy atom. The Morgan fingerprint density at radius 2 is 1.90 bits per heavy atom. The number of sulfonamides is 1. The van der Waals surface area contributed by atoms with Crippen molar-refractivity contribution in [3.63, 3.8) is 0 Å². The van der Waals surface area contributed by atoms with Crippen molar-refractivity contribution in [3.05, 3.63) is 52.9 Å². The molecular formula is C19H17N3O7S2. The lowest BCUT2D eigenvalue weighted by Gasteiger charge is -2.12. The zero-order valence-electron chi connectivity index (χ0n) is 16.1. The summed E-state index contributed by atoms with van der Waals surface area (Å²) >= 11 is 0.682. The van der Waals surface area contributed by atoms with Gasteiger partial charge in [-0.15, -0.1) is 0 Å². The van der Waals surface area contributed by atoms with Gasteiger partial charge in [-0.2, -0.15) is 0 Å². The van der Waals surface area contributed by atoms with Crippen molar-refractivity contribution in [2.75, 3.05) is 19.0 Å². The molecule has 3 rings (SSSR count). The first kappa shape index (κ1) is 22.3. The molecule has 1 fully saturated rings.